The van der Waals surface area contributed by atoms with Crippen LogP contribution in [0.15, 0.2) is 24.8 Å². The largest absolute Gasteiger partial charge is 0.418 e. The smallest absolute Gasteiger partial charge is 0.319 e. The molecular formula is C19H30F3NOSi. The lowest BCUT2D eigenvalue weighted by molar-refractivity contribution is -0.137. The van der Waals surface area contributed by atoms with Crippen LogP contribution in [-0.4, -0.2) is 13.9 Å². The maximum Gasteiger partial charge on any atom is 0.418 e. The average molecular weight is 374 g/mol. The van der Waals surface area contributed by atoms with Crippen LogP contribution < -0.4 is 5.06 Å². The Morgan fingerprint density at radius 2 is 1.56 bits per heavy atom. The molecule has 0 fully saturated rings. The number of halogens is 3. The fourth-order valence-corrected chi connectivity index (χ4v) is 3.10. The molecule has 0 bridgehead atoms. The molecule has 6 heteroatoms. The highest BCUT2D eigenvalue weighted by molar-refractivity contribution is 6.74. The highest BCUT2D eigenvalue weighted by atomic mass is 28.4. The molecule has 0 heterocycles. The molecule has 0 saturated heterocycles. The number of hydrogen-bond donors (Lipinski definition) is 0. The summed E-state index contributed by atoms with van der Waals surface area (Å²) in [5, 5.41) is 1.32. The first kappa shape index (κ1) is 21.8. The standard InChI is InChI=1S/C19H30F3NOSi/c1-10-14-11-12-16(15(13-14)19(20,21)22)23(17(2,3)4)24-25(8,9)18(5,6)7/h10-13H,1H2,2-9H3. The summed E-state index contributed by atoms with van der Waals surface area (Å²) in [5.41, 5.74) is -0.878. The third-order valence-corrected chi connectivity index (χ3v) is 8.77. The van der Waals surface area contributed by atoms with Gasteiger partial charge in [0.1, 0.15) is 0 Å². The maximum absolute atomic E-state index is 13.7. The van der Waals surface area contributed by atoms with Gasteiger partial charge in [-0.25, -0.2) is 0 Å². The fourth-order valence-electron chi connectivity index (χ4n) is 2.00. The average Bonchev–Trinajstić information content (AvgIpc) is 2.41. The summed E-state index contributed by atoms with van der Waals surface area (Å²) < 4.78 is 47.3. The second-order valence-electron chi connectivity index (χ2n) is 8.80. The Morgan fingerprint density at radius 3 is 1.92 bits per heavy atom. The van der Waals surface area contributed by atoms with Crippen molar-refractivity contribution >= 4 is 20.1 Å². The van der Waals surface area contributed by atoms with Gasteiger partial charge in [-0.1, -0.05) is 39.5 Å². The van der Waals surface area contributed by atoms with Crippen molar-refractivity contribution in [2.75, 3.05) is 5.06 Å². The zero-order chi connectivity index (χ0) is 19.8. The predicted octanol–water partition coefficient (Wildman–Crippen LogP) is 6.89. The van der Waals surface area contributed by atoms with Gasteiger partial charge in [-0.3, -0.25) is 5.06 Å². The molecule has 142 valence electrons. The summed E-state index contributed by atoms with van der Waals surface area (Å²) in [4.78, 5) is 0. The minimum atomic E-state index is -4.48. The zero-order valence-corrected chi connectivity index (χ0v) is 17.5. The first-order valence-electron chi connectivity index (χ1n) is 8.34. The molecule has 1 rings (SSSR count). The Balaban J connectivity index is 3.56. The van der Waals surface area contributed by atoms with Gasteiger partial charge >= 0.3 is 6.18 Å². The maximum atomic E-state index is 13.7. The van der Waals surface area contributed by atoms with Crippen molar-refractivity contribution < 1.29 is 17.7 Å². The second kappa shape index (κ2) is 6.80. The van der Waals surface area contributed by atoms with Crippen LogP contribution in [0.1, 0.15) is 52.7 Å². The minimum Gasteiger partial charge on any atom is -0.319 e. The van der Waals surface area contributed by atoms with Gasteiger partial charge in [0, 0.05) is 0 Å². The summed E-state index contributed by atoms with van der Waals surface area (Å²) in [6.07, 6.45) is -3.07. The van der Waals surface area contributed by atoms with Crippen molar-refractivity contribution in [3.8, 4) is 0 Å². The summed E-state index contributed by atoms with van der Waals surface area (Å²) >= 11 is 0. The molecule has 0 radical (unpaired) electrons. The summed E-state index contributed by atoms with van der Waals surface area (Å²) in [5.74, 6) is 0. The highest BCUT2D eigenvalue weighted by Crippen LogP contribution is 2.43. The van der Waals surface area contributed by atoms with E-state index in [0.717, 1.165) is 6.07 Å². The zero-order valence-electron chi connectivity index (χ0n) is 16.5. The molecule has 0 unspecified atom stereocenters. The number of anilines is 1. The molecular weight excluding hydrogens is 343 g/mol. The SMILES string of the molecule is C=Cc1ccc(N(O[Si](C)(C)C(C)(C)C)C(C)(C)C)c(C(F)(F)F)c1. The van der Waals surface area contributed by atoms with E-state index in [1.165, 1.54) is 17.2 Å². The number of rotatable bonds is 4. The van der Waals surface area contributed by atoms with E-state index in [-0.39, 0.29) is 10.7 Å². The van der Waals surface area contributed by atoms with Crippen molar-refractivity contribution in [2.45, 2.75) is 71.4 Å². The Hall–Kier alpha value is -1.27. The molecule has 1 aromatic rings. The van der Waals surface area contributed by atoms with Gasteiger partial charge in [0.25, 0.3) is 0 Å². The molecule has 1 aromatic carbocycles. The monoisotopic (exact) mass is 373 g/mol. The lowest BCUT2D eigenvalue weighted by Crippen LogP contribution is -2.53. The van der Waals surface area contributed by atoms with E-state index in [9.17, 15) is 13.2 Å². The lowest BCUT2D eigenvalue weighted by atomic mass is 10.0. The Bertz CT molecular complexity index is 625. The number of alkyl halides is 3. The van der Waals surface area contributed by atoms with E-state index in [1.54, 1.807) is 6.07 Å². The molecule has 0 aliphatic heterocycles. The first-order valence-corrected chi connectivity index (χ1v) is 11.2. The highest BCUT2D eigenvalue weighted by Gasteiger charge is 2.44. The molecule has 0 aromatic heterocycles. The predicted molar refractivity (Wildman–Crippen MR) is 102 cm³/mol. The molecule has 0 aliphatic carbocycles. The lowest BCUT2D eigenvalue weighted by Gasteiger charge is -2.46. The summed E-state index contributed by atoms with van der Waals surface area (Å²) in [6, 6.07) is 4.22. The van der Waals surface area contributed by atoms with Crippen molar-refractivity contribution in [2.24, 2.45) is 0 Å². The van der Waals surface area contributed by atoms with Gasteiger partial charge in [0.2, 0.25) is 8.32 Å². The van der Waals surface area contributed by atoms with Crippen molar-refractivity contribution in [3.63, 3.8) is 0 Å². The third kappa shape index (κ3) is 5.11. The van der Waals surface area contributed by atoms with E-state index in [4.69, 9.17) is 4.53 Å². The Kier molecular flexibility index (Phi) is 5.92. The van der Waals surface area contributed by atoms with Gasteiger partial charge in [0.05, 0.1) is 16.8 Å². The van der Waals surface area contributed by atoms with E-state index < -0.39 is 25.6 Å². The molecule has 0 spiro atoms. The van der Waals surface area contributed by atoms with Crippen LogP contribution in [0.4, 0.5) is 18.9 Å². The van der Waals surface area contributed by atoms with E-state index >= 15 is 0 Å². The molecule has 0 amide bonds. The van der Waals surface area contributed by atoms with Crippen LogP contribution in [-0.2, 0) is 10.7 Å². The second-order valence-corrected chi connectivity index (χ2v) is 13.5. The van der Waals surface area contributed by atoms with Crippen molar-refractivity contribution in [3.05, 3.63) is 35.9 Å². The van der Waals surface area contributed by atoms with Crippen LogP contribution >= 0.6 is 0 Å². The van der Waals surface area contributed by atoms with Crippen LogP contribution in [0.25, 0.3) is 6.08 Å². The molecule has 0 atom stereocenters. The topological polar surface area (TPSA) is 12.5 Å². The van der Waals surface area contributed by atoms with Crippen LogP contribution in [0.5, 0.6) is 0 Å². The fraction of sp³-hybridized carbons (Fsp3) is 0.579. The van der Waals surface area contributed by atoms with Gasteiger partial charge in [-0.05, 0) is 56.6 Å². The quantitative estimate of drug-likeness (QED) is 0.421. The molecule has 0 aliphatic rings. The number of hydrogen-bond acceptors (Lipinski definition) is 2. The van der Waals surface area contributed by atoms with E-state index in [1.807, 2.05) is 33.9 Å². The summed E-state index contributed by atoms with van der Waals surface area (Å²) in [7, 11) is -2.33. The molecule has 0 saturated carbocycles. The van der Waals surface area contributed by atoms with Crippen molar-refractivity contribution in [1.29, 1.82) is 0 Å². The van der Waals surface area contributed by atoms with Gasteiger partial charge in [-0.15, -0.1) is 0 Å². The summed E-state index contributed by atoms with van der Waals surface area (Å²) in [6.45, 7) is 19.3. The van der Waals surface area contributed by atoms with Crippen LogP contribution in [0, 0.1) is 0 Å². The van der Waals surface area contributed by atoms with E-state index in [0.29, 0.717) is 5.56 Å². The first-order chi connectivity index (χ1) is 11.0. The number of hydroxylamine groups is 1. The molecule has 25 heavy (non-hydrogen) atoms. The normalized spacial score (nSPS) is 13.7. The van der Waals surface area contributed by atoms with Crippen LogP contribution in [0.2, 0.25) is 18.1 Å². The molecule has 2 nitrogen and oxygen atoms in total. The molecule has 0 N–H and O–H groups in total. The van der Waals surface area contributed by atoms with Crippen LogP contribution in [0.3, 0.4) is 0 Å². The van der Waals surface area contributed by atoms with Gasteiger partial charge in [0.15, 0.2) is 0 Å². The Morgan fingerprint density at radius 1 is 1.04 bits per heavy atom. The number of nitrogens with zero attached hydrogens (tertiary/aromatic N) is 1. The Labute approximate surface area is 150 Å². The van der Waals surface area contributed by atoms with Crippen molar-refractivity contribution in [1.82, 2.24) is 0 Å². The third-order valence-electron chi connectivity index (χ3n) is 4.52. The minimum absolute atomic E-state index is 0.0374. The van der Waals surface area contributed by atoms with Gasteiger partial charge < -0.3 is 4.53 Å². The van der Waals surface area contributed by atoms with E-state index in [2.05, 4.69) is 27.4 Å². The number of benzene rings is 1. The van der Waals surface area contributed by atoms with Gasteiger partial charge in [-0.2, -0.15) is 13.2 Å².